The van der Waals surface area contributed by atoms with Gasteiger partial charge in [0.05, 0.1) is 0 Å². The lowest BCUT2D eigenvalue weighted by atomic mass is 9.69. The smallest absolute Gasteiger partial charge is 0.0433 e. The van der Waals surface area contributed by atoms with Crippen molar-refractivity contribution in [3.05, 3.63) is 0 Å². The molecule has 14 heavy (non-hydrogen) atoms. The van der Waals surface area contributed by atoms with Gasteiger partial charge in [0.25, 0.3) is 0 Å². The van der Waals surface area contributed by atoms with E-state index < -0.39 is 0 Å². The summed E-state index contributed by atoms with van der Waals surface area (Å²) in [6.45, 7) is 2.92. The summed E-state index contributed by atoms with van der Waals surface area (Å²) in [4.78, 5) is 2.44. The molecule has 1 saturated heterocycles. The van der Waals surface area contributed by atoms with E-state index in [4.69, 9.17) is 5.11 Å². The maximum atomic E-state index is 9.12. The van der Waals surface area contributed by atoms with E-state index in [0.29, 0.717) is 6.61 Å². The molecule has 1 saturated carbocycles. The monoisotopic (exact) mass is 197 g/mol. The molecule has 2 aliphatic rings. The van der Waals surface area contributed by atoms with Gasteiger partial charge in [0.1, 0.15) is 0 Å². The molecule has 0 amide bonds. The minimum absolute atomic E-state index is 0.390. The normalized spacial score (nSPS) is 31.7. The van der Waals surface area contributed by atoms with Crippen molar-refractivity contribution in [3.63, 3.8) is 0 Å². The van der Waals surface area contributed by atoms with E-state index >= 15 is 0 Å². The second-order valence-corrected chi connectivity index (χ2v) is 5.18. The van der Waals surface area contributed by atoms with Gasteiger partial charge in [0.2, 0.25) is 0 Å². The summed E-state index contributed by atoms with van der Waals surface area (Å²) < 4.78 is 0. The van der Waals surface area contributed by atoms with Gasteiger partial charge in [-0.05, 0) is 44.2 Å². The Labute approximate surface area is 87.3 Å². The highest BCUT2D eigenvalue weighted by molar-refractivity contribution is 4.86. The van der Waals surface area contributed by atoms with E-state index in [1.165, 1.54) is 38.8 Å². The van der Waals surface area contributed by atoms with Crippen LogP contribution in [0.15, 0.2) is 0 Å². The number of aliphatic hydroxyl groups is 1. The van der Waals surface area contributed by atoms with Crippen molar-refractivity contribution in [2.75, 3.05) is 26.7 Å². The number of rotatable bonds is 4. The first kappa shape index (κ1) is 10.4. The molecule has 0 aromatic carbocycles. The lowest BCUT2D eigenvalue weighted by Crippen LogP contribution is -2.30. The fourth-order valence-corrected chi connectivity index (χ4v) is 3.19. The highest BCUT2D eigenvalue weighted by Gasteiger charge is 2.35. The van der Waals surface area contributed by atoms with Gasteiger partial charge in [-0.1, -0.05) is 19.3 Å². The van der Waals surface area contributed by atoms with E-state index in [9.17, 15) is 0 Å². The van der Waals surface area contributed by atoms with E-state index in [-0.39, 0.29) is 0 Å². The van der Waals surface area contributed by atoms with Gasteiger partial charge in [-0.25, -0.2) is 0 Å². The summed E-state index contributed by atoms with van der Waals surface area (Å²) in [5.41, 5.74) is 0. The number of aliphatic hydroxyl groups excluding tert-OH is 1. The first-order chi connectivity index (χ1) is 6.81. The van der Waals surface area contributed by atoms with Gasteiger partial charge >= 0.3 is 0 Å². The highest BCUT2D eigenvalue weighted by atomic mass is 16.3. The Bertz CT molecular complexity index is 179. The summed E-state index contributed by atoms with van der Waals surface area (Å²) in [5.74, 6) is 2.63. The molecule has 2 unspecified atom stereocenters. The van der Waals surface area contributed by atoms with Gasteiger partial charge in [-0.3, -0.25) is 0 Å². The first-order valence-corrected chi connectivity index (χ1v) is 6.10. The van der Waals surface area contributed by atoms with Crippen LogP contribution in [0.5, 0.6) is 0 Å². The predicted molar refractivity (Wildman–Crippen MR) is 58.1 cm³/mol. The van der Waals surface area contributed by atoms with Gasteiger partial charge in [-0.15, -0.1) is 0 Å². The second kappa shape index (κ2) is 4.63. The van der Waals surface area contributed by atoms with Crippen LogP contribution < -0.4 is 0 Å². The van der Waals surface area contributed by atoms with Crippen molar-refractivity contribution in [1.82, 2.24) is 4.90 Å². The molecular formula is C12H23NO. The molecule has 82 valence electrons. The number of likely N-dealkylation sites (tertiary alicyclic amines) is 1. The minimum Gasteiger partial charge on any atom is -0.396 e. The average molecular weight is 197 g/mol. The third-order valence-corrected chi connectivity index (χ3v) is 4.25. The zero-order valence-corrected chi connectivity index (χ0v) is 9.28. The van der Waals surface area contributed by atoms with Crippen LogP contribution >= 0.6 is 0 Å². The third-order valence-electron chi connectivity index (χ3n) is 4.25. The molecule has 2 atom stereocenters. The quantitative estimate of drug-likeness (QED) is 0.742. The van der Waals surface area contributed by atoms with Gasteiger partial charge in [0, 0.05) is 13.2 Å². The molecule has 1 aliphatic heterocycles. The topological polar surface area (TPSA) is 23.5 Å². The molecule has 1 aliphatic carbocycles. The maximum absolute atomic E-state index is 9.12. The van der Waals surface area contributed by atoms with Crippen LogP contribution in [0.25, 0.3) is 0 Å². The first-order valence-electron chi connectivity index (χ1n) is 6.10. The fourth-order valence-electron chi connectivity index (χ4n) is 3.19. The van der Waals surface area contributed by atoms with Crippen molar-refractivity contribution < 1.29 is 5.11 Å². The molecule has 0 aromatic heterocycles. The van der Waals surface area contributed by atoms with Crippen LogP contribution in [-0.2, 0) is 0 Å². The van der Waals surface area contributed by atoms with Crippen molar-refractivity contribution in [2.24, 2.45) is 17.8 Å². The molecular weight excluding hydrogens is 174 g/mol. The minimum atomic E-state index is 0.390. The molecule has 1 heterocycles. The lowest BCUT2D eigenvalue weighted by Gasteiger charge is -2.37. The van der Waals surface area contributed by atoms with Crippen LogP contribution in [0, 0.1) is 17.8 Å². The van der Waals surface area contributed by atoms with Crippen LogP contribution in [0.3, 0.4) is 0 Å². The van der Waals surface area contributed by atoms with Crippen LogP contribution in [0.4, 0.5) is 0 Å². The zero-order chi connectivity index (χ0) is 9.97. The molecule has 0 spiro atoms. The van der Waals surface area contributed by atoms with Crippen molar-refractivity contribution >= 4 is 0 Å². The van der Waals surface area contributed by atoms with Gasteiger partial charge in [0.15, 0.2) is 0 Å². The Morgan fingerprint density at radius 2 is 2.07 bits per heavy atom. The van der Waals surface area contributed by atoms with Crippen molar-refractivity contribution in [2.45, 2.75) is 32.1 Å². The molecule has 2 rings (SSSR count). The van der Waals surface area contributed by atoms with E-state index in [1.807, 2.05) is 0 Å². The Balaban J connectivity index is 1.88. The lowest BCUT2D eigenvalue weighted by molar-refractivity contribution is 0.112. The molecule has 0 aromatic rings. The Morgan fingerprint density at radius 3 is 2.50 bits per heavy atom. The van der Waals surface area contributed by atoms with Crippen molar-refractivity contribution in [1.29, 1.82) is 0 Å². The van der Waals surface area contributed by atoms with Crippen molar-refractivity contribution in [3.8, 4) is 0 Å². The fraction of sp³-hybridized carbons (Fsp3) is 1.00. The third kappa shape index (κ3) is 2.12. The number of nitrogens with zero attached hydrogens (tertiary/aromatic N) is 1. The van der Waals surface area contributed by atoms with Gasteiger partial charge < -0.3 is 10.0 Å². The van der Waals surface area contributed by atoms with Crippen LogP contribution in [-0.4, -0.2) is 36.8 Å². The Hall–Kier alpha value is -0.0800. The van der Waals surface area contributed by atoms with Gasteiger partial charge in [-0.2, -0.15) is 0 Å². The molecule has 0 bridgehead atoms. The van der Waals surface area contributed by atoms with Crippen LogP contribution in [0.1, 0.15) is 32.1 Å². The summed E-state index contributed by atoms with van der Waals surface area (Å²) in [5, 5.41) is 9.12. The average Bonchev–Trinajstić information content (AvgIpc) is 2.48. The molecule has 0 radical (unpaired) electrons. The number of hydrogen-bond acceptors (Lipinski definition) is 2. The van der Waals surface area contributed by atoms with E-state index in [1.54, 1.807) is 0 Å². The zero-order valence-electron chi connectivity index (χ0n) is 9.28. The summed E-state index contributed by atoms with van der Waals surface area (Å²) in [6, 6.07) is 0. The summed E-state index contributed by atoms with van der Waals surface area (Å²) in [7, 11) is 2.22. The SMILES string of the molecule is CN1CCC(C(CCO)C2CCC2)C1. The van der Waals surface area contributed by atoms with E-state index in [0.717, 1.165) is 24.2 Å². The molecule has 2 nitrogen and oxygen atoms in total. The maximum Gasteiger partial charge on any atom is 0.0433 e. The Morgan fingerprint density at radius 1 is 1.29 bits per heavy atom. The molecule has 2 fully saturated rings. The predicted octanol–water partition coefficient (Wildman–Crippen LogP) is 1.74. The molecule has 2 heteroatoms. The highest BCUT2D eigenvalue weighted by Crippen LogP contribution is 2.41. The number of hydrogen-bond donors (Lipinski definition) is 1. The van der Waals surface area contributed by atoms with E-state index in [2.05, 4.69) is 11.9 Å². The largest absolute Gasteiger partial charge is 0.396 e. The summed E-state index contributed by atoms with van der Waals surface area (Å²) >= 11 is 0. The summed E-state index contributed by atoms with van der Waals surface area (Å²) in [6.07, 6.45) is 6.67. The second-order valence-electron chi connectivity index (χ2n) is 5.18. The standard InChI is InChI=1S/C12H23NO/c1-13-7-5-11(9-13)12(6-8-14)10-3-2-4-10/h10-12,14H,2-9H2,1H3. The van der Waals surface area contributed by atoms with Crippen LogP contribution in [0.2, 0.25) is 0 Å². The molecule has 1 N–H and O–H groups in total. The Kier molecular flexibility index (Phi) is 3.45.